The Morgan fingerprint density at radius 2 is 1.38 bits per heavy atom. The molecule has 5 aromatic carbocycles. The smallest absolute Gasteiger partial charge is 0.264 e. The van der Waals surface area contributed by atoms with Crippen LogP contribution in [0.3, 0.4) is 0 Å². The summed E-state index contributed by atoms with van der Waals surface area (Å²) < 4.78 is 78.8. The molecule has 5 aromatic rings. The van der Waals surface area contributed by atoms with E-state index in [4.69, 9.17) is 0 Å². The van der Waals surface area contributed by atoms with Crippen molar-refractivity contribution in [3.63, 3.8) is 0 Å². The number of nitrogens with zero attached hydrogens (tertiary/aromatic N) is 1. The molecule has 0 heterocycles. The first-order chi connectivity index (χ1) is 22.0. The number of anilines is 1. The zero-order chi connectivity index (χ0) is 34.4. The molecule has 3 N–H and O–H groups in total. The SMILES string of the molecule is C=C(C)C(=O)NCCCNC(=O)c1ccc(N(C)S(=O)(=O)c2cc(O)c3ccc4c([S-](=O)=O)cc(S(C)(=O)=O)c5ccc2c3c45)cc1.[Mo]. The maximum absolute atomic E-state index is 14.0. The maximum atomic E-state index is 14.0. The van der Waals surface area contributed by atoms with Gasteiger partial charge in [0.1, 0.15) is 5.75 Å². The minimum absolute atomic E-state index is 0. The number of carbonyl (C=O) groups excluding carboxylic acids is 2. The molecule has 0 radical (unpaired) electrons. The number of phenols is 1. The number of amides is 2. The second kappa shape index (κ2) is 13.8. The van der Waals surface area contributed by atoms with Gasteiger partial charge < -0.3 is 24.2 Å². The Morgan fingerprint density at radius 1 is 0.833 bits per heavy atom. The number of hydrogen-bond acceptors (Lipinski definition) is 10. The molecule has 0 aliphatic rings. The molecule has 0 bridgehead atoms. The molecule has 48 heavy (non-hydrogen) atoms. The quantitative estimate of drug-likeness (QED) is 0.0585. The standard InChI is InChI=1S/C32H30N3O9S3.Mo/c1-18(2)31(37)33-14-5-15-34-32(38)19-6-8-20(9-7-19)35(3)47(43,44)28-16-25(36)21-10-11-22-26(45(39)40)17-27(46(4,41)42)23-12-13-24(28)29(21)30(22)23;/h6-13,16-17,36H,1,5,14-15H2,2-4H3,(H,33,37)(H,34,38);/q-1;. The minimum Gasteiger partial charge on any atom is -0.507 e. The summed E-state index contributed by atoms with van der Waals surface area (Å²) in [6.45, 7) is 5.79. The summed E-state index contributed by atoms with van der Waals surface area (Å²) in [6, 6.07) is 13.7. The van der Waals surface area contributed by atoms with Gasteiger partial charge in [-0.05, 0) is 59.1 Å². The number of aromatic hydroxyl groups is 1. The van der Waals surface area contributed by atoms with E-state index in [9.17, 15) is 39.9 Å². The van der Waals surface area contributed by atoms with Gasteiger partial charge in [0.15, 0.2) is 9.84 Å². The van der Waals surface area contributed by atoms with Crippen LogP contribution in [0.4, 0.5) is 5.69 Å². The number of nitrogens with one attached hydrogen (secondary N) is 2. The molecule has 0 saturated carbocycles. The van der Waals surface area contributed by atoms with Crippen molar-refractivity contribution in [3.8, 4) is 5.75 Å². The first-order valence-corrected chi connectivity index (χ1v) is 18.5. The molecule has 0 atom stereocenters. The third-order valence-corrected chi connectivity index (χ3v) is 11.4. The number of carbonyl (C=O) groups is 2. The summed E-state index contributed by atoms with van der Waals surface area (Å²) in [6.07, 6.45) is 1.43. The normalized spacial score (nSPS) is 11.9. The van der Waals surface area contributed by atoms with Crippen molar-refractivity contribution >= 4 is 80.4 Å². The molecule has 12 nitrogen and oxygen atoms in total. The predicted molar refractivity (Wildman–Crippen MR) is 179 cm³/mol. The third kappa shape index (κ3) is 6.77. The molecule has 0 spiro atoms. The summed E-state index contributed by atoms with van der Waals surface area (Å²) in [5.41, 5.74) is 0.866. The van der Waals surface area contributed by atoms with Gasteiger partial charge in [0, 0.05) is 86.2 Å². The number of sulfone groups is 1. The molecule has 16 heteroatoms. The van der Waals surface area contributed by atoms with Gasteiger partial charge in [-0.1, -0.05) is 41.8 Å². The van der Waals surface area contributed by atoms with Crippen LogP contribution in [0, 0.1) is 0 Å². The van der Waals surface area contributed by atoms with Gasteiger partial charge >= 0.3 is 0 Å². The number of sulfonamides is 1. The van der Waals surface area contributed by atoms with E-state index in [1.807, 2.05) is 0 Å². The van der Waals surface area contributed by atoms with Gasteiger partial charge in [-0.15, -0.1) is 0 Å². The first kappa shape index (κ1) is 36.8. The molecule has 0 saturated heterocycles. The van der Waals surface area contributed by atoms with Crippen LogP contribution in [-0.2, 0) is 64.8 Å². The molecule has 0 aliphatic heterocycles. The molecule has 252 valence electrons. The topological polar surface area (TPSA) is 184 Å². The van der Waals surface area contributed by atoms with Crippen molar-refractivity contribution in [1.29, 1.82) is 0 Å². The van der Waals surface area contributed by atoms with E-state index in [-0.39, 0.29) is 85.2 Å². The monoisotopic (exact) mass is 794 g/mol. The van der Waals surface area contributed by atoms with Gasteiger partial charge in [-0.2, -0.15) is 0 Å². The zero-order valence-electron chi connectivity index (χ0n) is 25.9. The Labute approximate surface area is 293 Å². The van der Waals surface area contributed by atoms with Crippen LogP contribution >= 0.6 is 0 Å². The Bertz CT molecular complexity index is 2400. The Hall–Kier alpha value is -4.04. The van der Waals surface area contributed by atoms with Crippen LogP contribution in [-0.4, -0.2) is 60.1 Å². The fourth-order valence-electron chi connectivity index (χ4n) is 5.39. The van der Waals surface area contributed by atoms with E-state index < -0.39 is 42.2 Å². The second-order valence-corrected chi connectivity index (χ2v) is 15.8. The summed E-state index contributed by atoms with van der Waals surface area (Å²) in [4.78, 5) is 23.3. The Kier molecular flexibility index (Phi) is 10.6. The van der Waals surface area contributed by atoms with Crippen LogP contribution in [0.1, 0.15) is 23.7 Å². The largest absolute Gasteiger partial charge is 0.507 e. The number of phenolic OH excluding ortho intramolecular Hbond substituents is 1. The number of hydrogen-bond donors (Lipinski definition) is 3. The third-order valence-electron chi connectivity index (χ3n) is 7.79. The van der Waals surface area contributed by atoms with Crippen molar-refractivity contribution in [1.82, 2.24) is 10.6 Å². The van der Waals surface area contributed by atoms with E-state index in [1.54, 1.807) is 6.92 Å². The maximum Gasteiger partial charge on any atom is 0.264 e. The molecular weight excluding hydrogens is 763 g/mol. The van der Waals surface area contributed by atoms with E-state index in [0.29, 0.717) is 25.1 Å². The van der Waals surface area contributed by atoms with Crippen LogP contribution in [0.15, 0.2) is 87.5 Å². The Balaban J connectivity index is 0.00000520. The van der Waals surface area contributed by atoms with Crippen molar-refractivity contribution in [2.45, 2.75) is 28.0 Å². The number of benzene rings is 5. The summed E-state index contributed by atoms with van der Waals surface area (Å²) in [5, 5.41) is 17.5. The second-order valence-electron chi connectivity index (χ2n) is 11.0. The van der Waals surface area contributed by atoms with E-state index in [1.165, 1.54) is 55.6 Å². The van der Waals surface area contributed by atoms with Gasteiger partial charge in [0.25, 0.3) is 15.9 Å². The van der Waals surface area contributed by atoms with E-state index in [0.717, 1.165) is 22.7 Å². The van der Waals surface area contributed by atoms with Crippen molar-refractivity contribution < 1.29 is 61.0 Å². The van der Waals surface area contributed by atoms with E-state index in [2.05, 4.69) is 17.2 Å². The van der Waals surface area contributed by atoms with Gasteiger partial charge in [0.2, 0.25) is 5.91 Å². The molecular formula is C32H30MoN3O9S3-. The van der Waals surface area contributed by atoms with Crippen molar-refractivity contribution in [2.75, 3.05) is 30.7 Å². The van der Waals surface area contributed by atoms with Gasteiger partial charge in [-0.25, -0.2) is 16.8 Å². The molecule has 0 aromatic heterocycles. The molecule has 5 rings (SSSR count). The van der Waals surface area contributed by atoms with Crippen LogP contribution < -0.4 is 14.9 Å². The zero-order valence-corrected chi connectivity index (χ0v) is 30.4. The van der Waals surface area contributed by atoms with Crippen LogP contribution in [0.2, 0.25) is 0 Å². The van der Waals surface area contributed by atoms with Crippen molar-refractivity contribution in [2.24, 2.45) is 0 Å². The summed E-state index contributed by atoms with van der Waals surface area (Å²) >= 11 is 0. The molecule has 0 fully saturated rings. The predicted octanol–water partition coefficient (Wildman–Crippen LogP) is 4.00. The Morgan fingerprint density at radius 3 is 1.96 bits per heavy atom. The molecule has 2 amide bonds. The minimum atomic E-state index is -4.38. The average molecular weight is 793 g/mol. The first-order valence-electron chi connectivity index (χ1n) is 14.1. The van der Waals surface area contributed by atoms with Crippen molar-refractivity contribution in [3.05, 3.63) is 78.4 Å². The van der Waals surface area contributed by atoms with Gasteiger partial charge in [-0.3, -0.25) is 13.9 Å². The fraction of sp³-hybridized carbons (Fsp3) is 0.188. The van der Waals surface area contributed by atoms with Gasteiger partial charge in [0.05, 0.1) is 15.5 Å². The van der Waals surface area contributed by atoms with Crippen LogP contribution in [0.5, 0.6) is 5.75 Å². The van der Waals surface area contributed by atoms with E-state index >= 15 is 0 Å². The average Bonchev–Trinajstić information content (AvgIpc) is 3.02. The molecule has 0 unspecified atom stereocenters. The fourth-order valence-corrected chi connectivity index (χ4v) is 8.33. The van der Waals surface area contributed by atoms with Crippen LogP contribution in [0.25, 0.3) is 32.3 Å². The summed E-state index contributed by atoms with van der Waals surface area (Å²) in [7, 11) is -9.82. The number of rotatable bonds is 11. The summed E-state index contributed by atoms with van der Waals surface area (Å²) in [5.74, 6) is -1.06. The molecule has 0 aliphatic carbocycles.